The molecule has 4 atom stereocenters. The number of alkyl carbamates (subject to hydrolysis) is 1. The zero-order valence-corrected chi connectivity index (χ0v) is 27.6. The smallest absolute Gasteiger partial charge is 0.407 e. The molecule has 5 N–H and O–H groups in total. The lowest BCUT2D eigenvalue weighted by Crippen LogP contribution is -2.42. The maximum absolute atomic E-state index is 12.7. The highest BCUT2D eigenvalue weighted by atomic mass is 16.6. The van der Waals surface area contributed by atoms with Gasteiger partial charge in [-0.15, -0.1) is 0 Å². The average Bonchev–Trinajstić information content (AvgIpc) is 3.01. The summed E-state index contributed by atoms with van der Waals surface area (Å²) in [5, 5.41) is 14.9. The third-order valence-electron chi connectivity index (χ3n) is 7.91. The number of carboxylic acids is 1. The molecule has 1 fully saturated rings. The van der Waals surface area contributed by atoms with Crippen molar-refractivity contribution in [2.24, 2.45) is 17.6 Å². The van der Waals surface area contributed by atoms with E-state index >= 15 is 0 Å². The molecule has 248 valence electrons. The summed E-state index contributed by atoms with van der Waals surface area (Å²) < 4.78 is 11.0. The standard InChI is InChI=1S/C29H32N2O6.C8H17N/c1-29(2,3)37-28(35)30-18-21-9-13-23(14-10-21)26(32)31-25(27(33)34)17-20-11-15-24(16-12-20)36-19-22-7-5-4-6-8-22;1-6-3-4-8(9)5-7(6)2/h4-16,25H,17-19H2,1-3H3,(H,30,35)(H,31,32)(H,33,34);6-8H,3-5,9H2,1-2H3/t25-;/m0./s1. The van der Waals surface area contributed by atoms with E-state index in [9.17, 15) is 19.5 Å². The van der Waals surface area contributed by atoms with E-state index in [1.807, 2.05) is 30.3 Å². The second-order valence-electron chi connectivity index (χ2n) is 13.1. The molecule has 2 amide bonds. The van der Waals surface area contributed by atoms with Crippen LogP contribution in [0.2, 0.25) is 0 Å². The van der Waals surface area contributed by atoms with Gasteiger partial charge in [-0.3, -0.25) is 4.79 Å². The SMILES string of the molecule is CC(C)(C)OC(=O)NCc1ccc(C(=O)N[C@@H](Cc2ccc(OCc3ccccc3)cc2)C(=O)O)cc1.CC1CCC(N)CC1C. The molecule has 9 nitrogen and oxygen atoms in total. The van der Waals surface area contributed by atoms with E-state index in [0.29, 0.717) is 24.0 Å². The minimum absolute atomic E-state index is 0.123. The van der Waals surface area contributed by atoms with E-state index in [2.05, 4.69) is 24.5 Å². The van der Waals surface area contributed by atoms with E-state index in [0.717, 1.165) is 28.5 Å². The predicted molar refractivity (Wildman–Crippen MR) is 179 cm³/mol. The summed E-state index contributed by atoms with van der Waals surface area (Å²) in [4.78, 5) is 36.3. The Morgan fingerprint density at radius 2 is 1.50 bits per heavy atom. The minimum atomic E-state index is -1.13. The summed E-state index contributed by atoms with van der Waals surface area (Å²) in [7, 11) is 0. The van der Waals surface area contributed by atoms with Crippen molar-refractivity contribution in [2.45, 2.75) is 91.1 Å². The summed E-state index contributed by atoms with van der Waals surface area (Å²) in [6.45, 7) is 10.6. The average molecular weight is 632 g/mol. The van der Waals surface area contributed by atoms with Crippen LogP contribution in [0.5, 0.6) is 5.75 Å². The first-order chi connectivity index (χ1) is 21.8. The zero-order chi connectivity index (χ0) is 33.7. The number of rotatable bonds is 10. The maximum Gasteiger partial charge on any atom is 0.407 e. The maximum atomic E-state index is 12.7. The lowest BCUT2D eigenvalue weighted by atomic mass is 9.79. The third-order valence-corrected chi connectivity index (χ3v) is 7.91. The minimum Gasteiger partial charge on any atom is -0.489 e. The molecule has 1 saturated carbocycles. The molecule has 0 aliphatic heterocycles. The number of carboxylic acid groups (broad SMARTS) is 1. The molecule has 0 heterocycles. The summed E-state index contributed by atoms with van der Waals surface area (Å²) >= 11 is 0. The zero-order valence-electron chi connectivity index (χ0n) is 27.6. The Bertz CT molecular complexity index is 1390. The third kappa shape index (κ3) is 12.9. The molecule has 1 aliphatic rings. The summed E-state index contributed by atoms with van der Waals surface area (Å²) in [5.74, 6) is 0.807. The van der Waals surface area contributed by atoms with Crippen LogP contribution in [-0.2, 0) is 29.1 Å². The number of aliphatic carboxylic acids is 1. The molecule has 46 heavy (non-hydrogen) atoms. The summed E-state index contributed by atoms with van der Waals surface area (Å²) in [6, 6.07) is 22.9. The van der Waals surface area contributed by atoms with Gasteiger partial charge < -0.3 is 30.9 Å². The molecule has 0 saturated heterocycles. The Hall–Kier alpha value is -4.37. The van der Waals surface area contributed by atoms with Gasteiger partial charge in [0.05, 0.1) is 0 Å². The van der Waals surface area contributed by atoms with Gasteiger partial charge in [0.15, 0.2) is 0 Å². The monoisotopic (exact) mass is 631 g/mol. The first-order valence-corrected chi connectivity index (χ1v) is 15.9. The molecule has 0 aromatic heterocycles. The summed E-state index contributed by atoms with van der Waals surface area (Å²) in [6.07, 6.45) is 3.40. The van der Waals surface area contributed by atoms with E-state index in [1.165, 1.54) is 19.3 Å². The highest BCUT2D eigenvalue weighted by molar-refractivity contribution is 5.96. The molecule has 3 aromatic rings. The fourth-order valence-corrected chi connectivity index (χ4v) is 4.99. The number of carbonyl (C=O) groups is 3. The quantitative estimate of drug-likeness (QED) is 0.201. The van der Waals surface area contributed by atoms with Crippen molar-refractivity contribution >= 4 is 18.0 Å². The number of benzene rings is 3. The van der Waals surface area contributed by atoms with E-state index in [4.69, 9.17) is 15.2 Å². The van der Waals surface area contributed by atoms with Crippen LogP contribution in [0, 0.1) is 11.8 Å². The lowest BCUT2D eigenvalue weighted by molar-refractivity contribution is -0.139. The number of carbonyl (C=O) groups excluding carboxylic acids is 2. The van der Waals surface area contributed by atoms with Gasteiger partial charge >= 0.3 is 12.1 Å². The van der Waals surface area contributed by atoms with Gasteiger partial charge in [-0.1, -0.05) is 68.4 Å². The topological polar surface area (TPSA) is 140 Å². The van der Waals surface area contributed by atoms with E-state index in [1.54, 1.807) is 69.3 Å². The molecule has 3 aromatic carbocycles. The van der Waals surface area contributed by atoms with Gasteiger partial charge in [-0.25, -0.2) is 9.59 Å². The van der Waals surface area contributed by atoms with Crippen molar-refractivity contribution < 1.29 is 29.0 Å². The Morgan fingerprint density at radius 1 is 0.870 bits per heavy atom. The normalized spacial score (nSPS) is 18.3. The van der Waals surface area contributed by atoms with Crippen molar-refractivity contribution in [1.29, 1.82) is 0 Å². The second-order valence-corrected chi connectivity index (χ2v) is 13.1. The second kappa shape index (κ2) is 17.4. The van der Waals surface area contributed by atoms with Crippen LogP contribution >= 0.6 is 0 Å². The van der Waals surface area contributed by atoms with E-state index < -0.39 is 29.6 Å². The molecular weight excluding hydrogens is 582 g/mol. The number of nitrogens with one attached hydrogen (secondary N) is 2. The van der Waals surface area contributed by atoms with Gasteiger partial charge in [0.1, 0.15) is 24.0 Å². The van der Waals surface area contributed by atoms with Gasteiger partial charge in [0, 0.05) is 24.6 Å². The Morgan fingerprint density at radius 3 is 2.07 bits per heavy atom. The lowest BCUT2D eigenvalue weighted by Gasteiger charge is -2.29. The summed E-state index contributed by atoms with van der Waals surface area (Å²) in [5.41, 5.74) is 8.08. The van der Waals surface area contributed by atoms with Gasteiger partial charge in [0.25, 0.3) is 5.91 Å². The molecule has 3 unspecified atom stereocenters. The van der Waals surface area contributed by atoms with Crippen molar-refractivity contribution in [3.05, 3.63) is 101 Å². The first kappa shape index (κ1) is 36.1. The highest BCUT2D eigenvalue weighted by Gasteiger charge is 2.22. The molecule has 1 aliphatic carbocycles. The van der Waals surface area contributed by atoms with Crippen molar-refractivity contribution in [3.63, 3.8) is 0 Å². The number of hydrogen-bond donors (Lipinski definition) is 4. The van der Waals surface area contributed by atoms with Crippen LogP contribution in [-0.4, -0.2) is 40.8 Å². The van der Waals surface area contributed by atoms with Crippen LogP contribution in [0.4, 0.5) is 4.79 Å². The van der Waals surface area contributed by atoms with Crippen LogP contribution in [0.15, 0.2) is 78.9 Å². The van der Waals surface area contributed by atoms with Crippen molar-refractivity contribution in [1.82, 2.24) is 10.6 Å². The fourth-order valence-electron chi connectivity index (χ4n) is 4.99. The predicted octanol–water partition coefficient (Wildman–Crippen LogP) is 6.49. The molecule has 0 bridgehead atoms. The Labute approximate surface area is 272 Å². The molecule has 0 radical (unpaired) electrons. The Balaban J connectivity index is 0.000000549. The van der Waals surface area contributed by atoms with Crippen LogP contribution < -0.4 is 21.1 Å². The van der Waals surface area contributed by atoms with E-state index in [-0.39, 0.29) is 13.0 Å². The molecule has 4 rings (SSSR count). The van der Waals surface area contributed by atoms with Crippen LogP contribution in [0.3, 0.4) is 0 Å². The highest BCUT2D eigenvalue weighted by Crippen LogP contribution is 2.28. The van der Waals surface area contributed by atoms with Gasteiger partial charge in [-0.05, 0) is 92.8 Å². The van der Waals surface area contributed by atoms with Crippen LogP contribution in [0.1, 0.15) is 80.9 Å². The Kier molecular flexibility index (Phi) is 13.6. The van der Waals surface area contributed by atoms with Gasteiger partial charge in [0.2, 0.25) is 0 Å². The fraction of sp³-hybridized carbons (Fsp3) is 0.432. The first-order valence-electron chi connectivity index (χ1n) is 15.9. The number of hydrogen-bond acceptors (Lipinski definition) is 6. The van der Waals surface area contributed by atoms with Crippen molar-refractivity contribution in [3.8, 4) is 5.75 Å². The molecule has 9 heteroatoms. The molecular formula is C37H49N3O6. The largest absolute Gasteiger partial charge is 0.489 e. The number of ether oxygens (including phenoxy) is 2. The van der Waals surface area contributed by atoms with Gasteiger partial charge in [-0.2, -0.15) is 0 Å². The number of amides is 2. The molecule has 0 spiro atoms. The number of nitrogens with two attached hydrogens (primary N) is 1. The van der Waals surface area contributed by atoms with Crippen LogP contribution in [0.25, 0.3) is 0 Å². The van der Waals surface area contributed by atoms with Crippen molar-refractivity contribution in [2.75, 3.05) is 0 Å².